The quantitative estimate of drug-likeness (QED) is 0.318. The van der Waals surface area contributed by atoms with Crippen molar-refractivity contribution in [3.05, 3.63) is 0 Å². The summed E-state index contributed by atoms with van der Waals surface area (Å²) in [6.45, 7) is 0. The van der Waals surface area contributed by atoms with E-state index < -0.39 is 35.8 Å². The number of carbonyl (C=O) groups excluding carboxylic acids is 6. The average molecular weight is 338 g/mol. The van der Waals surface area contributed by atoms with Gasteiger partial charge in [-0.2, -0.15) is 0 Å². The van der Waals surface area contributed by atoms with Crippen molar-refractivity contribution in [3.63, 3.8) is 0 Å². The number of hydrogen-bond donors (Lipinski definition) is 1. The molecule has 4 N–H and O–H groups in total. The third-order valence-electron chi connectivity index (χ3n) is 0.500. The van der Waals surface area contributed by atoms with Gasteiger partial charge in [-0.3, -0.25) is 0 Å². The number of hydrogen-bond acceptors (Lipinski definition) is 12. The fourth-order valence-corrected chi connectivity index (χ4v) is 0. The van der Waals surface area contributed by atoms with E-state index in [-0.39, 0.29) is 23.2 Å². The van der Waals surface area contributed by atoms with E-state index in [1.54, 1.807) is 0 Å². The molecule has 0 bridgehead atoms. The Hall–Kier alpha value is -2.70. The number of carbonyl (C=O) groups is 6. The summed E-state index contributed by atoms with van der Waals surface area (Å²) in [6, 6.07) is 0. The largest absolute Gasteiger partial charge is 3.00 e. The van der Waals surface area contributed by atoms with E-state index >= 15 is 0 Å². The second kappa shape index (κ2) is 16.3. The minimum Gasteiger partial charge on any atom is -0.543 e. The van der Waals surface area contributed by atoms with Crippen molar-refractivity contribution in [1.29, 1.82) is 0 Å². The molecule has 0 aliphatic heterocycles. The molecule has 0 aliphatic carbocycles. The summed E-state index contributed by atoms with van der Waals surface area (Å²) >= 11 is 0. The molecule has 115 valence electrons. The maximum atomic E-state index is 8.93. The average Bonchev–Trinajstić information content (AvgIpc) is 2.18. The molecule has 0 saturated carbocycles. The van der Waals surface area contributed by atoms with E-state index in [1.807, 2.05) is 0 Å². The van der Waals surface area contributed by atoms with Crippen LogP contribution in [0.4, 0.5) is 0 Å². The predicted octanol–water partition coefficient (Wildman–Crippen LogP) is -10.2. The molecule has 0 aliphatic rings. The second-order valence-electron chi connectivity index (χ2n) is 1.72. The first-order valence-electron chi connectivity index (χ1n) is 3.20. The molecule has 0 fully saturated rings. The maximum Gasteiger partial charge on any atom is 3.00 e. The molecular formula is C6H4FeNO12-2. The van der Waals surface area contributed by atoms with Crippen LogP contribution in [-0.2, 0) is 45.8 Å². The molecule has 0 spiro atoms. The summed E-state index contributed by atoms with van der Waals surface area (Å²) in [5, 5.41) is 53.6. The molecule has 0 aromatic rings. The Bertz CT molecular complexity index is 283. The van der Waals surface area contributed by atoms with Gasteiger partial charge in [0.1, 0.15) is 0 Å². The van der Waals surface area contributed by atoms with Crippen LogP contribution in [0, 0.1) is 0 Å². The van der Waals surface area contributed by atoms with Crippen LogP contribution in [0.2, 0.25) is 0 Å². The van der Waals surface area contributed by atoms with Gasteiger partial charge in [-0.1, -0.05) is 0 Å². The van der Waals surface area contributed by atoms with Crippen LogP contribution in [0.5, 0.6) is 0 Å². The molecule has 13 nitrogen and oxygen atoms in total. The zero-order chi connectivity index (χ0) is 15.5. The predicted molar refractivity (Wildman–Crippen MR) is 36.0 cm³/mol. The third kappa shape index (κ3) is 36.2. The van der Waals surface area contributed by atoms with Crippen molar-refractivity contribution in [2.24, 2.45) is 0 Å². The van der Waals surface area contributed by atoms with Crippen molar-refractivity contribution < 1.29 is 76.5 Å². The molecule has 0 aromatic heterocycles. The molecule has 0 aromatic carbocycles. The van der Waals surface area contributed by atoms with Gasteiger partial charge >= 0.3 is 17.1 Å². The second-order valence-corrected chi connectivity index (χ2v) is 1.72. The first-order valence-corrected chi connectivity index (χ1v) is 3.20. The van der Waals surface area contributed by atoms with Crippen molar-refractivity contribution in [2.75, 3.05) is 0 Å². The summed E-state index contributed by atoms with van der Waals surface area (Å²) in [7, 11) is 0. The number of carboxylic acids is 6. The van der Waals surface area contributed by atoms with Crippen LogP contribution in [0.25, 0.3) is 0 Å². The van der Waals surface area contributed by atoms with Gasteiger partial charge in [0.2, 0.25) is 0 Å². The van der Waals surface area contributed by atoms with Gasteiger partial charge in [0.25, 0.3) is 0 Å². The monoisotopic (exact) mass is 338 g/mol. The Morgan fingerprint density at radius 1 is 0.400 bits per heavy atom. The van der Waals surface area contributed by atoms with Crippen molar-refractivity contribution >= 4 is 35.8 Å². The van der Waals surface area contributed by atoms with Crippen molar-refractivity contribution in [2.45, 2.75) is 0 Å². The summed E-state index contributed by atoms with van der Waals surface area (Å²) in [6.07, 6.45) is 0. The van der Waals surface area contributed by atoms with Crippen LogP contribution < -0.4 is 36.8 Å². The fraction of sp³-hybridized carbons (Fsp3) is 0. The third-order valence-corrected chi connectivity index (χ3v) is 0.500. The molecule has 0 saturated heterocycles. The van der Waals surface area contributed by atoms with E-state index in [2.05, 4.69) is 0 Å². The number of carboxylic acid groups (broad SMARTS) is 6. The van der Waals surface area contributed by atoms with E-state index in [0.717, 1.165) is 0 Å². The Labute approximate surface area is 119 Å². The number of quaternary nitrogens is 1. The first-order chi connectivity index (χ1) is 7.93. The molecular weight excluding hydrogens is 334 g/mol. The summed E-state index contributed by atoms with van der Waals surface area (Å²) in [4.78, 5) is 53.6. The number of aliphatic carboxylic acids is 6. The van der Waals surface area contributed by atoms with Gasteiger partial charge in [-0.05, 0) is 0 Å². The van der Waals surface area contributed by atoms with Gasteiger partial charge in [0.05, 0.1) is 35.8 Å². The van der Waals surface area contributed by atoms with E-state index in [1.165, 1.54) is 0 Å². The van der Waals surface area contributed by atoms with Gasteiger partial charge < -0.3 is 65.6 Å². The Kier molecular flexibility index (Phi) is 24.8. The molecule has 0 atom stereocenters. The van der Waals surface area contributed by atoms with Crippen molar-refractivity contribution in [3.8, 4) is 0 Å². The molecule has 14 heteroatoms. The first kappa shape index (κ1) is 30.4. The van der Waals surface area contributed by atoms with Crippen molar-refractivity contribution in [1.82, 2.24) is 6.15 Å². The van der Waals surface area contributed by atoms with E-state index in [9.17, 15) is 0 Å². The zero-order valence-corrected chi connectivity index (χ0v) is 10.4. The number of rotatable bonds is 0. The summed E-state index contributed by atoms with van der Waals surface area (Å²) in [5.74, 6) is -13.1. The standard InChI is InChI=1S/3C2H2O4.Fe.H3N/c3*3-1(4)2(5)6;;/h3*(H,3,4)(H,5,6);;1H3/q;;;+3;/p-5. The van der Waals surface area contributed by atoms with E-state index in [0.29, 0.717) is 0 Å². The Balaban J connectivity index is -0.0000000536. The normalized spacial score (nSPS) is 6.60. The summed E-state index contributed by atoms with van der Waals surface area (Å²) in [5.41, 5.74) is 0. The molecule has 0 heterocycles. The van der Waals surface area contributed by atoms with Gasteiger partial charge in [-0.15, -0.1) is 0 Å². The van der Waals surface area contributed by atoms with Crippen LogP contribution in [0.1, 0.15) is 0 Å². The molecule has 0 unspecified atom stereocenters. The minimum atomic E-state index is -2.19. The molecule has 1 radical (unpaired) electrons. The maximum absolute atomic E-state index is 8.93. The molecule has 0 rings (SSSR count). The molecule has 0 amide bonds. The SMILES string of the molecule is O=C([O-])C(=O)[O-].O=C([O-])C(=O)[O-].O=C([O-])C(=O)[O-].[Fe+3].[NH4+]. The summed E-state index contributed by atoms with van der Waals surface area (Å²) < 4.78 is 0. The van der Waals surface area contributed by atoms with Crippen LogP contribution >= 0.6 is 0 Å². The van der Waals surface area contributed by atoms with Gasteiger partial charge in [-0.25, -0.2) is 0 Å². The topological polar surface area (TPSA) is 277 Å². The van der Waals surface area contributed by atoms with Gasteiger partial charge in [0, 0.05) is 0 Å². The Morgan fingerprint density at radius 3 is 0.450 bits per heavy atom. The van der Waals surface area contributed by atoms with E-state index in [4.69, 9.17) is 59.4 Å². The minimum absolute atomic E-state index is 0. The fourth-order valence-electron chi connectivity index (χ4n) is 0. The zero-order valence-electron chi connectivity index (χ0n) is 9.25. The van der Waals surface area contributed by atoms with Gasteiger partial charge in [0.15, 0.2) is 0 Å². The van der Waals surface area contributed by atoms with Crippen LogP contribution in [0.3, 0.4) is 0 Å². The molecule has 20 heavy (non-hydrogen) atoms. The smallest absolute Gasteiger partial charge is 0.543 e. The Morgan fingerprint density at radius 2 is 0.450 bits per heavy atom. The van der Waals surface area contributed by atoms with Crippen LogP contribution in [0.15, 0.2) is 0 Å². The van der Waals surface area contributed by atoms with Crippen LogP contribution in [-0.4, -0.2) is 35.8 Å².